The number of hydrogen-bond acceptors (Lipinski definition) is 4. The third-order valence-corrected chi connectivity index (χ3v) is 14.2. The number of hydrogen-bond donors (Lipinski definition) is 2. The number of aliphatic hydroxyl groups is 1. The first kappa shape index (κ1) is 27.3. The van der Waals surface area contributed by atoms with Gasteiger partial charge in [0, 0.05) is 5.92 Å². The van der Waals surface area contributed by atoms with E-state index in [4.69, 9.17) is 9.47 Å². The highest BCUT2D eigenvalue weighted by atomic mass is 16.8. The van der Waals surface area contributed by atoms with E-state index in [1.54, 1.807) is 0 Å². The van der Waals surface area contributed by atoms with Gasteiger partial charge in [-0.3, -0.25) is 4.79 Å². The van der Waals surface area contributed by atoms with Gasteiger partial charge in [0.25, 0.3) is 0 Å². The Morgan fingerprint density at radius 1 is 0.921 bits per heavy atom. The summed E-state index contributed by atoms with van der Waals surface area (Å²) in [5.74, 6) is -0.457. The van der Waals surface area contributed by atoms with Crippen LogP contribution in [0.3, 0.4) is 0 Å². The van der Waals surface area contributed by atoms with Gasteiger partial charge in [-0.1, -0.05) is 53.2 Å². The molecule has 0 aromatic rings. The fraction of sp³-hybridized carbons (Fsp3) is 0.909. The first-order valence-corrected chi connectivity index (χ1v) is 15.4. The lowest BCUT2D eigenvalue weighted by Gasteiger charge is -2.72. The Bertz CT molecular complexity index is 1070. The minimum absolute atomic E-state index is 0.0190. The van der Waals surface area contributed by atoms with E-state index in [-0.39, 0.29) is 45.7 Å². The molecule has 5 fully saturated rings. The van der Waals surface area contributed by atoms with Gasteiger partial charge in [-0.2, -0.15) is 0 Å². The highest BCUT2D eigenvalue weighted by Gasteiger charge is 2.72. The van der Waals surface area contributed by atoms with Crippen molar-refractivity contribution in [2.24, 2.45) is 50.7 Å². The van der Waals surface area contributed by atoms with Crippen molar-refractivity contribution in [3.05, 3.63) is 11.6 Å². The molecule has 1 aliphatic heterocycles. The van der Waals surface area contributed by atoms with E-state index in [0.717, 1.165) is 38.5 Å². The monoisotopic (exact) mass is 528 g/mol. The molecule has 6 rings (SSSR count). The predicted octanol–water partition coefficient (Wildman–Crippen LogP) is 6.97. The molecule has 1 unspecified atom stereocenters. The molecule has 1 saturated heterocycles. The van der Waals surface area contributed by atoms with Gasteiger partial charge in [0.1, 0.15) is 0 Å². The molecule has 5 nitrogen and oxygen atoms in total. The van der Waals surface area contributed by atoms with Crippen LogP contribution in [0.5, 0.6) is 0 Å². The number of carboxylic acid groups (broad SMARTS) is 1. The first-order chi connectivity index (χ1) is 17.4. The van der Waals surface area contributed by atoms with E-state index in [1.165, 1.54) is 5.57 Å². The van der Waals surface area contributed by atoms with E-state index < -0.39 is 22.8 Å². The third-order valence-electron chi connectivity index (χ3n) is 14.2. The van der Waals surface area contributed by atoms with Crippen LogP contribution in [0, 0.1) is 50.7 Å². The number of ether oxygens (including phenoxy) is 2. The van der Waals surface area contributed by atoms with Crippen LogP contribution in [-0.4, -0.2) is 39.8 Å². The van der Waals surface area contributed by atoms with Gasteiger partial charge in [0.2, 0.25) is 0 Å². The topological polar surface area (TPSA) is 76.0 Å². The highest BCUT2D eigenvalue weighted by Crippen LogP contribution is 2.76. The Kier molecular flexibility index (Phi) is 5.51. The molecule has 6 aliphatic rings. The van der Waals surface area contributed by atoms with Crippen LogP contribution in [-0.2, 0) is 14.3 Å². The molecule has 0 radical (unpaired) electrons. The zero-order valence-corrected chi connectivity index (χ0v) is 25.3. The molecule has 4 saturated carbocycles. The number of fused-ring (bicyclic) bond motifs is 8. The lowest BCUT2D eigenvalue weighted by atomic mass is 9.33. The van der Waals surface area contributed by atoms with Gasteiger partial charge in [0.05, 0.1) is 23.2 Å². The Morgan fingerprint density at radius 3 is 2.26 bits per heavy atom. The Hall–Kier alpha value is -0.910. The molecule has 11 atom stereocenters. The molecule has 5 heteroatoms. The summed E-state index contributed by atoms with van der Waals surface area (Å²) in [5, 5.41) is 22.6. The number of rotatable bonds is 1. The van der Waals surface area contributed by atoms with Gasteiger partial charge in [0.15, 0.2) is 5.79 Å². The minimum Gasteiger partial charge on any atom is -0.481 e. The Balaban J connectivity index is 1.46. The summed E-state index contributed by atoms with van der Waals surface area (Å²) in [5.41, 5.74) is -0.565. The number of allylic oxidation sites excluding steroid dienone is 1. The highest BCUT2D eigenvalue weighted by molar-refractivity contribution is 5.77. The van der Waals surface area contributed by atoms with Crippen molar-refractivity contribution in [1.82, 2.24) is 0 Å². The first-order valence-electron chi connectivity index (χ1n) is 15.4. The van der Waals surface area contributed by atoms with Crippen LogP contribution in [0.15, 0.2) is 11.6 Å². The molecule has 0 bridgehead atoms. The second-order valence-corrected chi connectivity index (χ2v) is 16.5. The summed E-state index contributed by atoms with van der Waals surface area (Å²) >= 11 is 0. The molecule has 2 N–H and O–H groups in total. The lowest BCUT2D eigenvalue weighted by Crippen LogP contribution is -2.68. The van der Waals surface area contributed by atoms with E-state index in [1.807, 2.05) is 6.92 Å². The minimum atomic E-state index is -1.02. The fourth-order valence-corrected chi connectivity index (χ4v) is 12.0. The molecule has 0 aromatic heterocycles. The average molecular weight is 529 g/mol. The number of aliphatic carboxylic acids is 1. The van der Waals surface area contributed by atoms with Gasteiger partial charge in [-0.25, -0.2) is 0 Å². The maximum atomic E-state index is 13.0. The van der Waals surface area contributed by atoms with Crippen molar-refractivity contribution in [3.63, 3.8) is 0 Å². The summed E-state index contributed by atoms with van der Waals surface area (Å²) in [6.45, 7) is 20.5. The van der Waals surface area contributed by atoms with Gasteiger partial charge in [-0.15, -0.1) is 0 Å². The van der Waals surface area contributed by atoms with Crippen molar-refractivity contribution in [2.75, 3.05) is 0 Å². The molecule has 5 aliphatic carbocycles. The molecule has 214 valence electrons. The molecule has 0 amide bonds. The summed E-state index contributed by atoms with van der Waals surface area (Å²) in [7, 11) is 0. The van der Waals surface area contributed by atoms with Crippen LogP contribution in [0.4, 0.5) is 0 Å². The average Bonchev–Trinajstić information content (AvgIpc) is 3.11. The molecule has 1 heterocycles. The standard InChI is InChI=1S/C33H52O5/c1-19-12-15-33(26(34)35)17-16-30(7)20(24(33)32(19,9)36)10-11-23-29(6)18-21-25(38-28(4,5)37-21)27(2,3)22(29)13-14-31(23,30)8/h10,19,21-25,36H,11-18H2,1-9H3,(H,34,35)/t19-,21+,22?,23-,24-,25+,29+,30-,31-,32-,33+/m1/s1. The van der Waals surface area contributed by atoms with E-state index >= 15 is 0 Å². The van der Waals surface area contributed by atoms with E-state index in [2.05, 4.69) is 61.5 Å². The van der Waals surface area contributed by atoms with Gasteiger partial charge in [-0.05, 0) is 112 Å². The van der Waals surface area contributed by atoms with Crippen LogP contribution in [0.2, 0.25) is 0 Å². The molecule has 0 aromatic carbocycles. The fourth-order valence-electron chi connectivity index (χ4n) is 12.0. The van der Waals surface area contributed by atoms with Gasteiger partial charge >= 0.3 is 5.97 Å². The third kappa shape index (κ3) is 3.08. The van der Waals surface area contributed by atoms with Crippen molar-refractivity contribution < 1.29 is 24.5 Å². The van der Waals surface area contributed by atoms with Crippen molar-refractivity contribution in [3.8, 4) is 0 Å². The summed E-state index contributed by atoms with van der Waals surface area (Å²) in [6, 6.07) is 0. The smallest absolute Gasteiger partial charge is 0.310 e. The van der Waals surface area contributed by atoms with Crippen LogP contribution in [0.25, 0.3) is 0 Å². The van der Waals surface area contributed by atoms with Crippen molar-refractivity contribution >= 4 is 5.97 Å². The normalized spacial score (nSPS) is 56.4. The number of carbonyl (C=O) groups is 1. The molecule has 0 spiro atoms. The summed E-state index contributed by atoms with van der Waals surface area (Å²) < 4.78 is 13.1. The van der Waals surface area contributed by atoms with E-state index in [0.29, 0.717) is 24.7 Å². The van der Waals surface area contributed by atoms with Crippen LogP contribution >= 0.6 is 0 Å². The second-order valence-electron chi connectivity index (χ2n) is 16.5. The van der Waals surface area contributed by atoms with Crippen LogP contribution < -0.4 is 0 Å². The number of carboxylic acids is 1. The summed E-state index contributed by atoms with van der Waals surface area (Å²) in [4.78, 5) is 13.0. The molecule has 38 heavy (non-hydrogen) atoms. The largest absolute Gasteiger partial charge is 0.481 e. The van der Waals surface area contributed by atoms with Crippen LogP contribution in [0.1, 0.15) is 114 Å². The quantitative estimate of drug-likeness (QED) is 0.359. The predicted molar refractivity (Wildman–Crippen MR) is 147 cm³/mol. The van der Waals surface area contributed by atoms with Gasteiger partial charge < -0.3 is 19.7 Å². The van der Waals surface area contributed by atoms with E-state index in [9.17, 15) is 15.0 Å². The van der Waals surface area contributed by atoms with Crippen molar-refractivity contribution in [1.29, 1.82) is 0 Å². The molecular formula is C33H52O5. The SMILES string of the molecule is C[C@@H]1CC[C@]2(C(=O)O)CC[C@]3(C)C(=CC[C@@H]4[C@@]5(C)C[C@@H]6OC(C)(C)O[C@@H]6C(C)(C)C5CC[C@]43C)[C@@H]2[C@]1(C)O. The van der Waals surface area contributed by atoms with Crippen molar-refractivity contribution in [2.45, 2.75) is 137 Å². The zero-order chi connectivity index (χ0) is 27.9. The maximum Gasteiger partial charge on any atom is 0.310 e. The summed E-state index contributed by atoms with van der Waals surface area (Å²) in [6.07, 6.45) is 9.93. The molecular weight excluding hydrogens is 476 g/mol. The zero-order valence-electron chi connectivity index (χ0n) is 25.3. The Morgan fingerprint density at radius 2 is 1.61 bits per heavy atom. The Labute approximate surface area is 230 Å². The maximum absolute atomic E-state index is 13.0. The second kappa shape index (κ2) is 7.68. The lowest BCUT2D eigenvalue weighted by molar-refractivity contribution is -0.222.